The van der Waals surface area contributed by atoms with Gasteiger partial charge < -0.3 is 4.74 Å². The Balaban J connectivity index is 4.44. The average molecular weight is 275 g/mol. The highest BCUT2D eigenvalue weighted by Crippen LogP contribution is 2.24. The highest BCUT2D eigenvalue weighted by atomic mass is 32.2. The number of ether oxygens (including phenoxy) is 1. The number of rotatable bonds is 9. The number of unbranched alkanes of at least 4 members (excludes halogenated alkanes) is 1. The molecule has 0 aliphatic heterocycles. The van der Waals surface area contributed by atoms with E-state index in [0.29, 0.717) is 5.25 Å². The molecule has 0 radical (unpaired) electrons. The van der Waals surface area contributed by atoms with Crippen LogP contribution in [-0.4, -0.2) is 35.7 Å². The van der Waals surface area contributed by atoms with Gasteiger partial charge in [0.1, 0.15) is 5.54 Å². The molecule has 0 aromatic heterocycles. The maximum atomic E-state index is 11.9. The highest BCUT2D eigenvalue weighted by molar-refractivity contribution is 7.99. The second kappa shape index (κ2) is 8.81. The lowest BCUT2D eigenvalue weighted by molar-refractivity contribution is -0.148. The van der Waals surface area contributed by atoms with Crippen LogP contribution in [0.2, 0.25) is 0 Å². The lowest BCUT2D eigenvalue weighted by Crippen LogP contribution is -2.54. The van der Waals surface area contributed by atoms with Crippen LogP contribution in [0.1, 0.15) is 53.9 Å². The molecule has 0 heterocycles. The first kappa shape index (κ1) is 17.8. The Morgan fingerprint density at radius 3 is 2.44 bits per heavy atom. The second-order valence-corrected chi connectivity index (χ2v) is 6.91. The van der Waals surface area contributed by atoms with Gasteiger partial charge in [0.15, 0.2) is 0 Å². The maximum Gasteiger partial charge on any atom is 0.325 e. The molecule has 108 valence electrons. The van der Waals surface area contributed by atoms with Gasteiger partial charge in [0.05, 0.1) is 7.11 Å². The molecule has 0 amide bonds. The Kier molecular flexibility index (Phi) is 8.70. The number of carbonyl (C=O) groups is 1. The lowest BCUT2D eigenvalue weighted by Gasteiger charge is -2.32. The first-order chi connectivity index (χ1) is 8.35. The topological polar surface area (TPSA) is 38.3 Å². The summed E-state index contributed by atoms with van der Waals surface area (Å²) < 4.78 is 4.93. The van der Waals surface area contributed by atoms with Crippen LogP contribution in [-0.2, 0) is 9.53 Å². The van der Waals surface area contributed by atoms with Gasteiger partial charge in [-0.05, 0) is 39.4 Å². The van der Waals surface area contributed by atoms with Gasteiger partial charge in [-0.15, -0.1) is 0 Å². The summed E-state index contributed by atoms with van der Waals surface area (Å²) in [6.45, 7) is 10.4. The van der Waals surface area contributed by atoms with Gasteiger partial charge in [-0.3, -0.25) is 10.1 Å². The molecule has 2 atom stereocenters. The minimum Gasteiger partial charge on any atom is -0.468 e. The quantitative estimate of drug-likeness (QED) is 0.518. The van der Waals surface area contributed by atoms with Crippen LogP contribution >= 0.6 is 11.8 Å². The summed E-state index contributed by atoms with van der Waals surface area (Å²) in [7, 11) is 1.46. The third-order valence-corrected chi connectivity index (χ3v) is 4.10. The molecule has 1 N–H and O–H groups in total. The smallest absolute Gasteiger partial charge is 0.325 e. The summed E-state index contributed by atoms with van der Waals surface area (Å²) >= 11 is 1.94. The van der Waals surface area contributed by atoms with Gasteiger partial charge in [0.25, 0.3) is 0 Å². The fraction of sp³-hybridized carbons (Fsp3) is 0.929. The number of carbonyl (C=O) groups excluding carboxylic acids is 1. The number of hydrogen-bond acceptors (Lipinski definition) is 4. The van der Waals surface area contributed by atoms with Crippen LogP contribution in [0.25, 0.3) is 0 Å². The zero-order valence-electron chi connectivity index (χ0n) is 12.7. The van der Waals surface area contributed by atoms with Crippen LogP contribution in [0.5, 0.6) is 0 Å². The lowest BCUT2D eigenvalue weighted by atomic mass is 9.95. The summed E-state index contributed by atoms with van der Waals surface area (Å²) in [5.41, 5.74) is -0.582. The largest absolute Gasteiger partial charge is 0.468 e. The SMILES string of the molecule is CCCCSC(C)CC(C)(NC(C)C)C(=O)OC. The summed E-state index contributed by atoms with van der Waals surface area (Å²) in [6, 6.07) is 0.266. The maximum absolute atomic E-state index is 11.9. The molecule has 0 rings (SSSR count). The van der Waals surface area contributed by atoms with Crippen molar-refractivity contribution in [1.29, 1.82) is 0 Å². The molecular formula is C14H29NO2S. The molecule has 0 saturated heterocycles. The fourth-order valence-electron chi connectivity index (χ4n) is 2.13. The zero-order chi connectivity index (χ0) is 14.2. The Bertz CT molecular complexity index is 246. The average Bonchev–Trinajstić information content (AvgIpc) is 2.26. The molecule has 0 fully saturated rings. The van der Waals surface area contributed by atoms with E-state index in [1.165, 1.54) is 20.0 Å². The predicted molar refractivity (Wildman–Crippen MR) is 80.1 cm³/mol. The molecule has 0 aromatic carbocycles. The Hall–Kier alpha value is -0.220. The van der Waals surface area contributed by atoms with Crippen molar-refractivity contribution >= 4 is 17.7 Å². The number of esters is 1. The van der Waals surface area contributed by atoms with E-state index in [1.807, 2.05) is 18.7 Å². The number of hydrogen-bond donors (Lipinski definition) is 1. The van der Waals surface area contributed by atoms with Gasteiger partial charge in [0.2, 0.25) is 0 Å². The van der Waals surface area contributed by atoms with Gasteiger partial charge in [0, 0.05) is 11.3 Å². The van der Waals surface area contributed by atoms with E-state index in [4.69, 9.17) is 4.74 Å². The highest BCUT2D eigenvalue weighted by Gasteiger charge is 2.36. The van der Waals surface area contributed by atoms with Gasteiger partial charge in [-0.1, -0.05) is 20.3 Å². The van der Waals surface area contributed by atoms with Gasteiger partial charge in [-0.25, -0.2) is 0 Å². The van der Waals surface area contributed by atoms with E-state index < -0.39 is 5.54 Å². The molecule has 0 aliphatic rings. The van der Waals surface area contributed by atoms with Crippen molar-refractivity contribution in [3.63, 3.8) is 0 Å². The van der Waals surface area contributed by atoms with Crippen molar-refractivity contribution in [2.75, 3.05) is 12.9 Å². The monoisotopic (exact) mass is 275 g/mol. The summed E-state index contributed by atoms with van der Waals surface area (Å²) in [4.78, 5) is 11.9. The summed E-state index contributed by atoms with van der Waals surface area (Å²) in [6.07, 6.45) is 3.26. The molecule has 3 nitrogen and oxygen atoms in total. The Labute approximate surface area is 116 Å². The normalized spacial score (nSPS) is 16.4. The van der Waals surface area contributed by atoms with Crippen molar-refractivity contribution in [3.8, 4) is 0 Å². The minimum absolute atomic E-state index is 0.167. The van der Waals surface area contributed by atoms with Crippen molar-refractivity contribution in [3.05, 3.63) is 0 Å². The van der Waals surface area contributed by atoms with Crippen molar-refractivity contribution in [2.24, 2.45) is 0 Å². The summed E-state index contributed by atoms with van der Waals surface area (Å²) in [5, 5.41) is 3.79. The van der Waals surface area contributed by atoms with E-state index >= 15 is 0 Å². The predicted octanol–water partition coefficient (Wildman–Crippen LogP) is 3.23. The molecule has 0 aromatic rings. The number of methoxy groups -OCH3 is 1. The summed E-state index contributed by atoms with van der Waals surface area (Å²) in [5.74, 6) is 0.996. The van der Waals surface area contributed by atoms with Gasteiger partial charge >= 0.3 is 5.97 Å². The van der Waals surface area contributed by atoms with E-state index in [9.17, 15) is 4.79 Å². The van der Waals surface area contributed by atoms with Crippen LogP contribution in [0, 0.1) is 0 Å². The third-order valence-electron chi connectivity index (χ3n) is 2.84. The van der Waals surface area contributed by atoms with Gasteiger partial charge in [-0.2, -0.15) is 11.8 Å². The molecule has 0 bridgehead atoms. The van der Waals surface area contributed by atoms with Crippen LogP contribution in [0.3, 0.4) is 0 Å². The minimum atomic E-state index is -0.582. The zero-order valence-corrected chi connectivity index (χ0v) is 13.5. The van der Waals surface area contributed by atoms with E-state index in [2.05, 4.69) is 33.0 Å². The molecular weight excluding hydrogens is 246 g/mol. The number of nitrogens with one attached hydrogen (secondary N) is 1. The Morgan fingerprint density at radius 1 is 1.39 bits per heavy atom. The third kappa shape index (κ3) is 6.64. The van der Waals surface area contributed by atoms with E-state index in [1.54, 1.807) is 0 Å². The fourth-order valence-corrected chi connectivity index (χ4v) is 3.44. The molecule has 4 heteroatoms. The van der Waals surface area contributed by atoms with Crippen molar-refractivity contribution in [1.82, 2.24) is 5.32 Å². The van der Waals surface area contributed by atoms with Crippen LogP contribution < -0.4 is 5.32 Å². The molecule has 18 heavy (non-hydrogen) atoms. The molecule has 0 spiro atoms. The first-order valence-corrected chi connectivity index (χ1v) is 7.88. The molecule has 0 saturated carbocycles. The van der Waals surface area contributed by atoms with Crippen LogP contribution in [0.15, 0.2) is 0 Å². The molecule has 0 aliphatic carbocycles. The van der Waals surface area contributed by atoms with Crippen molar-refractivity contribution < 1.29 is 9.53 Å². The standard InChI is InChI=1S/C14H29NO2S/c1-7-8-9-18-12(4)10-14(5,13(16)17-6)15-11(2)3/h11-12,15H,7-10H2,1-6H3. The number of thioether (sulfide) groups is 1. The van der Waals surface area contributed by atoms with Crippen LogP contribution in [0.4, 0.5) is 0 Å². The van der Waals surface area contributed by atoms with Crippen molar-refractivity contribution in [2.45, 2.75) is 70.7 Å². The first-order valence-electron chi connectivity index (χ1n) is 6.83. The van der Waals surface area contributed by atoms with E-state index in [-0.39, 0.29) is 12.0 Å². The second-order valence-electron chi connectivity index (χ2n) is 5.36. The van der Waals surface area contributed by atoms with E-state index in [0.717, 1.165) is 12.2 Å². The molecule has 2 unspecified atom stereocenters. The Morgan fingerprint density at radius 2 is 2.00 bits per heavy atom.